The number of nitrogens with one attached hydrogen (secondary N) is 1. The fraction of sp³-hybridized carbons (Fsp3) is 0.562. The predicted molar refractivity (Wildman–Crippen MR) is 82.4 cm³/mol. The number of hydrogen-bond acceptors (Lipinski definition) is 3. The van der Waals surface area contributed by atoms with Crippen LogP contribution in [0.25, 0.3) is 0 Å². The molecule has 2 aliphatic rings. The number of benzene rings is 1. The van der Waals surface area contributed by atoms with Crippen LogP contribution in [0.15, 0.2) is 12.1 Å². The number of carbonyl (C=O) groups is 1. The molecule has 1 aromatic rings. The predicted octanol–water partition coefficient (Wildman–Crippen LogP) is 2.16. The second-order valence-electron chi connectivity index (χ2n) is 5.90. The Hall–Kier alpha value is -1.55. The van der Waals surface area contributed by atoms with Gasteiger partial charge in [-0.2, -0.15) is 0 Å². The van der Waals surface area contributed by atoms with Gasteiger partial charge >= 0.3 is 0 Å². The molecule has 0 spiro atoms. The summed E-state index contributed by atoms with van der Waals surface area (Å²) in [6.07, 6.45) is 2.59. The number of nitrogens with zero attached hydrogens (tertiary/aromatic N) is 2. The van der Waals surface area contributed by atoms with Gasteiger partial charge in [-0.15, -0.1) is 0 Å². The van der Waals surface area contributed by atoms with Crippen LogP contribution in [0.1, 0.15) is 24.0 Å². The average Bonchev–Trinajstić information content (AvgIpc) is 2.93. The summed E-state index contributed by atoms with van der Waals surface area (Å²) < 4.78 is 0. The summed E-state index contributed by atoms with van der Waals surface area (Å²) >= 11 is 0. The van der Waals surface area contributed by atoms with Gasteiger partial charge in [-0.25, -0.2) is 0 Å². The van der Waals surface area contributed by atoms with Gasteiger partial charge in [0, 0.05) is 13.1 Å². The highest BCUT2D eigenvalue weighted by Crippen LogP contribution is 2.32. The zero-order valence-corrected chi connectivity index (χ0v) is 12.4. The Morgan fingerprint density at radius 1 is 1.10 bits per heavy atom. The van der Waals surface area contributed by atoms with Crippen molar-refractivity contribution in [1.29, 1.82) is 0 Å². The summed E-state index contributed by atoms with van der Waals surface area (Å²) in [7, 11) is 0. The maximum absolute atomic E-state index is 12.2. The van der Waals surface area contributed by atoms with Gasteiger partial charge in [-0.1, -0.05) is 0 Å². The number of aryl methyl sites for hydroxylation is 2. The minimum atomic E-state index is 0.181. The molecule has 3 rings (SSSR count). The van der Waals surface area contributed by atoms with Gasteiger partial charge < -0.3 is 15.1 Å². The molecular weight excluding hydrogens is 250 g/mol. The van der Waals surface area contributed by atoms with Gasteiger partial charge in [0.15, 0.2) is 0 Å². The van der Waals surface area contributed by atoms with Crippen LogP contribution in [0.3, 0.4) is 0 Å². The fourth-order valence-corrected chi connectivity index (χ4v) is 3.06. The van der Waals surface area contributed by atoms with Gasteiger partial charge in [0.25, 0.3) is 0 Å². The van der Waals surface area contributed by atoms with Crippen LogP contribution in [0, 0.1) is 13.8 Å². The van der Waals surface area contributed by atoms with E-state index in [9.17, 15) is 4.79 Å². The topological polar surface area (TPSA) is 35.6 Å². The van der Waals surface area contributed by atoms with E-state index >= 15 is 0 Å². The molecule has 20 heavy (non-hydrogen) atoms. The zero-order chi connectivity index (χ0) is 14.1. The number of amides is 1. The first-order valence-corrected chi connectivity index (χ1v) is 7.53. The Labute approximate surface area is 120 Å². The van der Waals surface area contributed by atoms with E-state index in [-0.39, 0.29) is 5.91 Å². The van der Waals surface area contributed by atoms with E-state index in [0.717, 1.165) is 24.5 Å². The van der Waals surface area contributed by atoms with E-state index in [2.05, 4.69) is 36.2 Å². The summed E-state index contributed by atoms with van der Waals surface area (Å²) in [5.74, 6) is 0.181. The number of rotatable bonds is 3. The zero-order valence-electron chi connectivity index (χ0n) is 12.4. The summed E-state index contributed by atoms with van der Waals surface area (Å²) in [6, 6.07) is 4.29. The Morgan fingerprint density at radius 3 is 2.55 bits per heavy atom. The molecule has 0 unspecified atom stereocenters. The molecule has 0 atom stereocenters. The fourth-order valence-electron chi connectivity index (χ4n) is 3.06. The second-order valence-corrected chi connectivity index (χ2v) is 5.90. The minimum absolute atomic E-state index is 0.181. The van der Waals surface area contributed by atoms with Crippen LogP contribution in [0.4, 0.5) is 11.4 Å². The highest BCUT2D eigenvalue weighted by Gasteiger charge is 2.25. The lowest BCUT2D eigenvalue weighted by Crippen LogP contribution is -2.43. The molecule has 1 amide bonds. The summed E-state index contributed by atoms with van der Waals surface area (Å²) in [5, 5.41) is 3.23. The number of anilines is 2. The van der Waals surface area contributed by atoms with Gasteiger partial charge in [0.05, 0.1) is 17.9 Å². The summed E-state index contributed by atoms with van der Waals surface area (Å²) in [6.45, 7) is 8.78. The van der Waals surface area contributed by atoms with Gasteiger partial charge in [0.1, 0.15) is 0 Å². The monoisotopic (exact) mass is 273 g/mol. The molecule has 0 saturated carbocycles. The molecular formula is C16H23N3O. The Morgan fingerprint density at radius 2 is 1.80 bits per heavy atom. The van der Waals surface area contributed by atoms with E-state index in [4.69, 9.17) is 0 Å². The molecule has 1 saturated heterocycles. The molecule has 1 aromatic carbocycles. The smallest absolute Gasteiger partial charge is 0.246 e. The molecule has 0 aliphatic carbocycles. The number of hydrogen-bond donors (Lipinski definition) is 1. The van der Waals surface area contributed by atoms with E-state index in [1.807, 2.05) is 4.90 Å². The first-order chi connectivity index (χ1) is 9.65. The van der Waals surface area contributed by atoms with E-state index < -0.39 is 0 Å². The Kier molecular flexibility index (Phi) is 3.66. The van der Waals surface area contributed by atoms with Crippen molar-refractivity contribution >= 4 is 17.3 Å². The normalized spacial score (nSPS) is 19.1. The van der Waals surface area contributed by atoms with Crippen LogP contribution in [-0.4, -0.2) is 43.5 Å². The molecule has 0 aromatic heterocycles. The van der Waals surface area contributed by atoms with Crippen molar-refractivity contribution in [3.63, 3.8) is 0 Å². The molecule has 0 bridgehead atoms. The molecule has 4 heteroatoms. The van der Waals surface area contributed by atoms with Crippen LogP contribution >= 0.6 is 0 Å². The average molecular weight is 273 g/mol. The van der Waals surface area contributed by atoms with Gasteiger partial charge in [-0.3, -0.25) is 4.79 Å². The van der Waals surface area contributed by atoms with Crippen LogP contribution in [0.5, 0.6) is 0 Å². The highest BCUT2D eigenvalue weighted by molar-refractivity contribution is 6.02. The van der Waals surface area contributed by atoms with Crippen LogP contribution < -0.4 is 10.2 Å². The molecule has 108 valence electrons. The maximum atomic E-state index is 12.2. The molecule has 0 radical (unpaired) electrons. The molecule has 2 heterocycles. The minimum Gasteiger partial charge on any atom is -0.374 e. The lowest BCUT2D eigenvalue weighted by molar-refractivity contribution is -0.117. The third-order valence-corrected chi connectivity index (χ3v) is 4.47. The van der Waals surface area contributed by atoms with Crippen molar-refractivity contribution < 1.29 is 4.79 Å². The van der Waals surface area contributed by atoms with Crippen molar-refractivity contribution in [3.8, 4) is 0 Å². The largest absolute Gasteiger partial charge is 0.374 e. The highest BCUT2D eigenvalue weighted by atomic mass is 16.2. The molecule has 4 nitrogen and oxygen atoms in total. The molecule has 1 fully saturated rings. The number of likely N-dealkylation sites (tertiary alicyclic amines) is 1. The lowest BCUT2D eigenvalue weighted by atomic mass is 10.1. The second kappa shape index (κ2) is 5.44. The summed E-state index contributed by atoms with van der Waals surface area (Å²) in [5.41, 5.74) is 4.65. The third-order valence-electron chi connectivity index (χ3n) is 4.47. The third kappa shape index (κ3) is 2.52. The van der Waals surface area contributed by atoms with E-state index in [1.54, 1.807) is 0 Å². The lowest BCUT2D eigenvalue weighted by Gasteiger charge is -2.32. The Balaban J connectivity index is 1.79. The maximum Gasteiger partial charge on any atom is 0.246 e. The van der Waals surface area contributed by atoms with E-state index in [0.29, 0.717) is 6.54 Å². The number of carbonyl (C=O) groups excluding carboxylic acids is 1. The van der Waals surface area contributed by atoms with Crippen LogP contribution in [-0.2, 0) is 4.79 Å². The molecule has 1 N–H and O–H groups in total. The van der Waals surface area contributed by atoms with Crippen molar-refractivity contribution in [2.45, 2.75) is 26.7 Å². The van der Waals surface area contributed by atoms with E-state index in [1.165, 1.54) is 37.1 Å². The number of fused-ring (bicyclic) bond motifs is 1. The first-order valence-electron chi connectivity index (χ1n) is 7.53. The Bertz CT molecular complexity index is 521. The standard InChI is InChI=1S/C16H23N3O/c1-12-9-14-15(10-13(12)2)19(16(20)11-17-14)8-7-18-5-3-4-6-18/h9-10,17H,3-8,11H2,1-2H3. The summed E-state index contributed by atoms with van der Waals surface area (Å²) in [4.78, 5) is 16.6. The van der Waals surface area contributed by atoms with Crippen molar-refractivity contribution in [3.05, 3.63) is 23.3 Å². The van der Waals surface area contributed by atoms with Crippen molar-refractivity contribution in [1.82, 2.24) is 4.90 Å². The van der Waals surface area contributed by atoms with Crippen molar-refractivity contribution in [2.24, 2.45) is 0 Å². The SMILES string of the molecule is Cc1cc2c(cc1C)N(CCN1CCCC1)C(=O)CN2. The first kappa shape index (κ1) is 13.4. The van der Waals surface area contributed by atoms with Gasteiger partial charge in [-0.05, 0) is 63.0 Å². The van der Waals surface area contributed by atoms with Crippen molar-refractivity contribution in [2.75, 3.05) is 42.9 Å². The van der Waals surface area contributed by atoms with Gasteiger partial charge in [0.2, 0.25) is 5.91 Å². The van der Waals surface area contributed by atoms with Crippen LogP contribution in [0.2, 0.25) is 0 Å². The molecule has 2 aliphatic heterocycles. The quantitative estimate of drug-likeness (QED) is 0.916.